The van der Waals surface area contributed by atoms with Gasteiger partial charge < -0.3 is 24.5 Å². The highest BCUT2D eigenvalue weighted by atomic mass is 31.2. The van der Waals surface area contributed by atoms with Gasteiger partial charge in [-0.3, -0.25) is 23.2 Å². The lowest BCUT2D eigenvalue weighted by Gasteiger charge is -2.24. The topological polar surface area (TPSA) is 167 Å². The standard InChI is InChI=1S/C26H42N5O8P/c1-8-9-10-18-19-20(30-23(27)29-18)31(14-28-19)13-26(11-12-26)37-17-40(34,38-15-35-21(32)24(2,3)4)39-16-36-22(33)25(5,6)7/h14H,8-13,15-17H2,1-7H3,(H2,27,29,30). The van der Waals surface area contributed by atoms with Gasteiger partial charge in [0.05, 0.1) is 35.0 Å². The van der Waals surface area contributed by atoms with Gasteiger partial charge in [0.25, 0.3) is 0 Å². The second-order valence-electron chi connectivity index (χ2n) is 12.1. The predicted molar refractivity (Wildman–Crippen MR) is 147 cm³/mol. The molecule has 1 aliphatic rings. The number of imidazole rings is 1. The van der Waals surface area contributed by atoms with Gasteiger partial charge in [0, 0.05) is 0 Å². The van der Waals surface area contributed by atoms with E-state index in [9.17, 15) is 14.2 Å². The number of carbonyl (C=O) groups excluding carboxylic acids is 2. The summed E-state index contributed by atoms with van der Waals surface area (Å²) in [5.41, 5.74) is 5.85. The van der Waals surface area contributed by atoms with E-state index in [1.165, 1.54) is 0 Å². The molecule has 1 fully saturated rings. The van der Waals surface area contributed by atoms with Crippen LogP contribution in [0.25, 0.3) is 11.2 Å². The first-order valence-corrected chi connectivity index (χ1v) is 15.1. The lowest BCUT2D eigenvalue weighted by atomic mass is 9.98. The summed E-state index contributed by atoms with van der Waals surface area (Å²) in [6.07, 6.45) is 5.31. The number of nitrogens with two attached hydrogens (primary N) is 1. The Morgan fingerprint density at radius 2 is 1.60 bits per heavy atom. The molecule has 3 rings (SSSR count). The Balaban J connectivity index is 1.69. The first-order chi connectivity index (χ1) is 18.6. The third kappa shape index (κ3) is 8.70. The molecule has 2 N–H and O–H groups in total. The quantitative estimate of drug-likeness (QED) is 0.187. The van der Waals surface area contributed by atoms with Crippen molar-refractivity contribution in [3.05, 3.63) is 12.0 Å². The number of rotatable bonds is 14. The average molecular weight is 584 g/mol. The van der Waals surface area contributed by atoms with Crippen molar-refractivity contribution >= 4 is 36.6 Å². The fourth-order valence-electron chi connectivity index (χ4n) is 3.53. The SMILES string of the molecule is CCCCc1nc(N)nc2c1ncn2CC1(OCP(=O)(OCOC(=O)C(C)(C)C)OCOC(=O)C(C)(C)C)CC1. The van der Waals surface area contributed by atoms with E-state index >= 15 is 0 Å². The maximum atomic E-state index is 13.5. The second-order valence-corrected chi connectivity index (χ2v) is 14.1. The smallest absolute Gasteiger partial charge is 0.361 e. The molecule has 0 saturated heterocycles. The molecule has 40 heavy (non-hydrogen) atoms. The number of unbranched alkanes of at least 4 members (excludes halogenated alkanes) is 1. The summed E-state index contributed by atoms with van der Waals surface area (Å²) in [5, 5.41) is 0. The predicted octanol–water partition coefficient (Wildman–Crippen LogP) is 4.58. The van der Waals surface area contributed by atoms with Crippen molar-refractivity contribution < 1.29 is 37.4 Å². The summed E-state index contributed by atoms with van der Waals surface area (Å²) >= 11 is 0. The Kier molecular flexibility index (Phi) is 9.98. The lowest BCUT2D eigenvalue weighted by molar-refractivity contribution is -0.162. The van der Waals surface area contributed by atoms with E-state index in [-0.39, 0.29) is 5.95 Å². The van der Waals surface area contributed by atoms with E-state index < -0.39 is 55.9 Å². The van der Waals surface area contributed by atoms with Crippen LogP contribution in [0.4, 0.5) is 5.95 Å². The Morgan fingerprint density at radius 1 is 1.02 bits per heavy atom. The fourth-order valence-corrected chi connectivity index (χ4v) is 4.62. The molecule has 224 valence electrons. The number of nitrogen functional groups attached to an aromatic ring is 1. The number of aryl methyl sites for hydroxylation is 1. The number of esters is 2. The molecule has 1 aliphatic carbocycles. The summed E-state index contributed by atoms with van der Waals surface area (Å²) in [6.45, 7) is 11.4. The number of nitrogens with zero attached hydrogens (tertiary/aromatic N) is 4. The van der Waals surface area contributed by atoms with E-state index in [1.54, 1.807) is 47.9 Å². The van der Waals surface area contributed by atoms with Crippen LogP contribution in [0.15, 0.2) is 6.33 Å². The number of anilines is 1. The normalized spacial score (nSPS) is 15.3. The van der Waals surface area contributed by atoms with Crippen LogP contribution >= 0.6 is 7.60 Å². The van der Waals surface area contributed by atoms with Gasteiger partial charge in [0.15, 0.2) is 5.65 Å². The van der Waals surface area contributed by atoms with Gasteiger partial charge in [-0.2, -0.15) is 4.98 Å². The summed E-state index contributed by atoms with van der Waals surface area (Å²) in [6, 6.07) is 0. The third-order valence-electron chi connectivity index (χ3n) is 6.22. The van der Waals surface area contributed by atoms with Crippen molar-refractivity contribution in [2.75, 3.05) is 25.7 Å². The molecule has 0 unspecified atom stereocenters. The lowest BCUT2D eigenvalue weighted by Crippen LogP contribution is -2.26. The zero-order chi connectivity index (χ0) is 29.8. The molecule has 0 aliphatic heterocycles. The highest BCUT2D eigenvalue weighted by Gasteiger charge is 2.47. The largest absolute Gasteiger partial charge is 0.438 e. The minimum Gasteiger partial charge on any atom is -0.438 e. The number of fused-ring (bicyclic) bond motifs is 1. The highest BCUT2D eigenvalue weighted by molar-refractivity contribution is 7.53. The summed E-state index contributed by atoms with van der Waals surface area (Å²) in [4.78, 5) is 37.5. The first-order valence-electron chi connectivity index (χ1n) is 13.4. The van der Waals surface area contributed by atoms with Crippen LogP contribution in [0.2, 0.25) is 0 Å². The molecule has 2 aromatic heterocycles. The Labute approximate surface area is 235 Å². The number of ether oxygens (including phenoxy) is 3. The van der Waals surface area contributed by atoms with E-state index in [2.05, 4.69) is 21.9 Å². The van der Waals surface area contributed by atoms with Gasteiger partial charge >= 0.3 is 19.5 Å². The van der Waals surface area contributed by atoms with E-state index in [0.29, 0.717) is 30.6 Å². The highest BCUT2D eigenvalue weighted by Crippen LogP contribution is 2.52. The zero-order valence-electron chi connectivity index (χ0n) is 24.5. The molecule has 0 spiro atoms. The molecule has 13 nitrogen and oxygen atoms in total. The summed E-state index contributed by atoms with van der Waals surface area (Å²) in [7, 11) is -4.01. The van der Waals surface area contributed by atoms with Crippen molar-refractivity contribution in [2.24, 2.45) is 10.8 Å². The van der Waals surface area contributed by atoms with Crippen molar-refractivity contribution in [2.45, 2.75) is 92.7 Å². The molecule has 0 atom stereocenters. The molecule has 0 amide bonds. The second kappa shape index (κ2) is 12.5. The van der Waals surface area contributed by atoms with Crippen LogP contribution in [-0.2, 0) is 50.4 Å². The van der Waals surface area contributed by atoms with E-state index in [1.807, 2.05) is 4.57 Å². The van der Waals surface area contributed by atoms with Crippen molar-refractivity contribution in [3.8, 4) is 0 Å². The number of hydrogen-bond donors (Lipinski definition) is 1. The van der Waals surface area contributed by atoms with Gasteiger partial charge in [-0.25, -0.2) is 9.97 Å². The number of hydrogen-bond acceptors (Lipinski definition) is 12. The average Bonchev–Trinajstić information content (AvgIpc) is 3.52. The Morgan fingerprint density at radius 3 is 2.10 bits per heavy atom. The van der Waals surface area contributed by atoms with Gasteiger partial charge in [0.1, 0.15) is 11.9 Å². The molecular formula is C26H42N5O8P. The van der Waals surface area contributed by atoms with Crippen LogP contribution in [0, 0.1) is 10.8 Å². The minimum absolute atomic E-state index is 0.173. The van der Waals surface area contributed by atoms with Gasteiger partial charge in [-0.05, 0) is 67.2 Å². The van der Waals surface area contributed by atoms with Crippen molar-refractivity contribution in [1.82, 2.24) is 19.5 Å². The van der Waals surface area contributed by atoms with E-state index in [4.69, 9.17) is 29.0 Å². The zero-order valence-corrected chi connectivity index (χ0v) is 25.4. The molecule has 2 aromatic rings. The molecule has 1 saturated carbocycles. The molecule has 0 aromatic carbocycles. The maximum absolute atomic E-state index is 13.5. The Bertz CT molecular complexity index is 1210. The van der Waals surface area contributed by atoms with Crippen LogP contribution in [0.5, 0.6) is 0 Å². The van der Waals surface area contributed by atoms with Crippen LogP contribution in [0.3, 0.4) is 0 Å². The molecule has 14 heteroatoms. The molecular weight excluding hydrogens is 541 g/mol. The molecule has 0 radical (unpaired) electrons. The minimum atomic E-state index is -4.01. The monoisotopic (exact) mass is 583 g/mol. The number of aromatic nitrogens is 4. The van der Waals surface area contributed by atoms with Crippen molar-refractivity contribution in [3.63, 3.8) is 0 Å². The van der Waals surface area contributed by atoms with Crippen LogP contribution in [0.1, 0.15) is 79.8 Å². The van der Waals surface area contributed by atoms with Crippen molar-refractivity contribution in [1.29, 1.82) is 0 Å². The Hall–Kier alpha value is -2.60. The van der Waals surface area contributed by atoms with E-state index in [0.717, 1.165) is 25.0 Å². The summed E-state index contributed by atoms with van der Waals surface area (Å²) < 4.78 is 42.4. The van der Waals surface area contributed by atoms with Gasteiger partial charge in [-0.15, -0.1) is 0 Å². The summed E-state index contributed by atoms with van der Waals surface area (Å²) in [5.74, 6) is -0.902. The fraction of sp³-hybridized carbons (Fsp3) is 0.731. The van der Waals surface area contributed by atoms with Gasteiger partial charge in [0.2, 0.25) is 19.5 Å². The molecule has 2 heterocycles. The third-order valence-corrected chi connectivity index (χ3v) is 7.66. The number of carbonyl (C=O) groups is 2. The maximum Gasteiger partial charge on any atom is 0.361 e. The molecule has 0 bridgehead atoms. The first kappa shape index (κ1) is 31.9. The van der Waals surface area contributed by atoms with Gasteiger partial charge in [-0.1, -0.05) is 13.3 Å². The van der Waals surface area contributed by atoms with Crippen LogP contribution < -0.4 is 5.73 Å². The van der Waals surface area contributed by atoms with Crippen LogP contribution in [-0.4, -0.2) is 57.0 Å².